The Bertz CT molecular complexity index is 414. The third-order valence-electron chi connectivity index (χ3n) is 3.24. The normalized spacial score (nSPS) is 12.1. The van der Waals surface area contributed by atoms with Gasteiger partial charge in [0.05, 0.1) is 0 Å². The molecule has 112 valence electrons. The molecular weight excluding hydrogens is 272 g/mol. The van der Waals surface area contributed by atoms with Crippen LogP contribution in [0.4, 0.5) is 0 Å². The van der Waals surface area contributed by atoms with Crippen molar-refractivity contribution in [3.05, 3.63) is 34.9 Å². The SMILES string of the molecule is CN=C(NCCN(C)C(C)C)NCc1ccc(Cl)cc1. The fourth-order valence-corrected chi connectivity index (χ4v) is 1.74. The molecule has 0 aromatic heterocycles. The van der Waals surface area contributed by atoms with Crippen LogP contribution in [-0.2, 0) is 6.54 Å². The lowest BCUT2D eigenvalue weighted by Crippen LogP contribution is -2.41. The molecule has 1 aromatic rings. The molecule has 5 heteroatoms. The van der Waals surface area contributed by atoms with E-state index in [1.165, 1.54) is 5.56 Å². The first-order chi connectivity index (χ1) is 9.52. The van der Waals surface area contributed by atoms with Crippen LogP contribution in [0.1, 0.15) is 19.4 Å². The largest absolute Gasteiger partial charge is 0.355 e. The Morgan fingerprint density at radius 3 is 2.45 bits per heavy atom. The Morgan fingerprint density at radius 1 is 1.25 bits per heavy atom. The lowest BCUT2D eigenvalue weighted by Gasteiger charge is -2.21. The number of halogens is 1. The molecule has 20 heavy (non-hydrogen) atoms. The number of rotatable bonds is 6. The van der Waals surface area contributed by atoms with E-state index < -0.39 is 0 Å². The van der Waals surface area contributed by atoms with E-state index in [-0.39, 0.29) is 0 Å². The summed E-state index contributed by atoms with van der Waals surface area (Å²) in [5.74, 6) is 0.817. The minimum Gasteiger partial charge on any atom is -0.355 e. The number of hydrogen-bond donors (Lipinski definition) is 2. The highest BCUT2D eigenvalue weighted by Gasteiger charge is 2.03. The maximum atomic E-state index is 5.86. The Hall–Kier alpha value is -1.26. The zero-order valence-corrected chi connectivity index (χ0v) is 13.5. The zero-order valence-electron chi connectivity index (χ0n) is 12.8. The minimum atomic E-state index is 0.556. The van der Waals surface area contributed by atoms with Gasteiger partial charge in [0.15, 0.2) is 5.96 Å². The van der Waals surface area contributed by atoms with Crippen molar-refractivity contribution in [2.24, 2.45) is 4.99 Å². The van der Waals surface area contributed by atoms with Gasteiger partial charge in [-0.25, -0.2) is 0 Å². The molecule has 0 aliphatic rings. The van der Waals surface area contributed by atoms with Gasteiger partial charge in [-0.1, -0.05) is 23.7 Å². The van der Waals surface area contributed by atoms with Gasteiger partial charge in [-0.15, -0.1) is 0 Å². The number of likely N-dealkylation sites (N-methyl/N-ethyl adjacent to an activating group) is 1. The topological polar surface area (TPSA) is 39.7 Å². The van der Waals surface area contributed by atoms with Crippen LogP contribution in [0.3, 0.4) is 0 Å². The maximum Gasteiger partial charge on any atom is 0.191 e. The van der Waals surface area contributed by atoms with E-state index in [4.69, 9.17) is 11.6 Å². The number of nitrogens with one attached hydrogen (secondary N) is 2. The molecule has 0 aliphatic heterocycles. The van der Waals surface area contributed by atoms with E-state index in [9.17, 15) is 0 Å². The smallest absolute Gasteiger partial charge is 0.191 e. The van der Waals surface area contributed by atoms with Crippen molar-refractivity contribution >= 4 is 17.6 Å². The van der Waals surface area contributed by atoms with Crippen molar-refractivity contribution in [1.29, 1.82) is 0 Å². The monoisotopic (exact) mass is 296 g/mol. The molecular formula is C15H25ClN4. The highest BCUT2D eigenvalue weighted by atomic mass is 35.5. The van der Waals surface area contributed by atoms with Crippen LogP contribution in [0.15, 0.2) is 29.3 Å². The molecule has 2 N–H and O–H groups in total. The van der Waals surface area contributed by atoms with Gasteiger partial charge in [-0.2, -0.15) is 0 Å². The molecule has 0 unspecified atom stereocenters. The van der Waals surface area contributed by atoms with Gasteiger partial charge in [-0.3, -0.25) is 4.99 Å². The van der Waals surface area contributed by atoms with E-state index in [1.54, 1.807) is 7.05 Å². The molecule has 0 spiro atoms. The summed E-state index contributed by atoms with van der Waals surface area (Å²) in [6.45, 7) is 6.96. The fraction of sp³-hybridized carbons (Fsp3) is 0.533. The summed E-state index contributed by atoms with van der Waals surface area (Å²) < 4.78 is 0. The minimum absolute atomic E-state index is 0.556. The third kappa shape index (κ3) is 6.26. The quantitative estimate of drug-likeness (QED) is 0.625. The zero-order chi connectivity index (χ0) is 15.0. The van der Waals surface area contributed by atoms with E-state index in [0.717, 1.165) is 30.6 Å². The van der Waals surface area contributed by atoms with E-state index >= 15 is 0 Å². The predicted molar refractivity (Wildman–Crippen MR) is 87.4 cm³/mol. The highest BCUT2D eigenvalue weighted by molar-refractivity contribution is 6.30. The lowest BCUT2D eigenvalue weighted by atomic mass is 10.2. The second-order valence-electron chi connectivity index (χ2n) is 5.05. The predicted octanol–water partition coefficient (Wildman–Crippen LogP) is 2.35. The fourth-order valence-electron chi connectivity index (χ4n) is 1.62. The van der Waals surface area contributed by atoms with Crippen molar-refractivity contribution in [3.63, 3.8) is 0 Å². The van der Waals surface area contributed by atoms with Gasteiger partial charge in [0.25, 0.3) is 0 Å². The number of guanidine groups is 1. The van der Waals surface area contributed by atoms with Crippen LogP contribution >= 0.6 is 11.6 Å². The molecule has 4 nitrogen and oxygen atoms in total. The highest BCUT2D eigenvalue weighted by Crippen LogP contribution is 2.08. The summed E-state index contributed by atoms with van der Waals surface area (Å²) in [6, 6.07) is 8.36. The van der Waals surface area contributed by atoms with Gasteiger partial charge in [0, 0.05) is 37.7 Å². The molecule has 1 rings (SSSR count). The van der Waals surface area contributed by atoms with Crippen LogP contribution in [0.2, 0.25) is 5.02 Å². The van der Waals surface area contributed by atoms with Crippen LogP contribution < -0.4 is 10.6 Å². The molecule has 0 radical (unpaired) electrons. The van der Waals surface area contributed by atoms with Crippen LogP contribution in [0.5, 0.6) is 0 Å². The Morgan fingerprint density at radius 2 is 1.90 bits per heavy atom. The number of nitrogens with zero attached hydrogens (tertiary/aromatic N) is 2. The lowest BCUT2D eigenvalue weighted by molar-refractivity contribution is 0.278. The molecule has 1 aromatic carbocycles. The molecule has 0 atom stereocenters. The van der Waals surface area contributed by atoms with Crippen LogP contribution in [0.25, 0.3) is 0 Å². The van der Waals surface area contributed by atoms with Crippen molar-refractivity contribution in [3.8, 4) is 0 Å². The number of hydrogen-bond acceptors (Lipinski definition) is 2. The van der Waals surface area contributed by atoms with Gasteiger partial charge >= 0.3 is 0 Å². The average Bonchev–Trinajstić information content (AvgIpc) is 2.44. The Balaban J connectivity index is 2.31. The average molecular weight is 297 g/mol. The molecule has 0 saturated heterocycles. The van der Waals surface area contributed by atoms with Gasteiger partial charge in [0.1, 0.15) is 0 Å². The van der Waals surface area contributed by atoms with E-state index in [2.05, 4.69) is 41.4 Å². The number of aliphatic imine (C=N–C) groups is 1. The van der Waals surface area contributed by atoms with Crippen molar-refractivity contribution in [2.75, 3.05) is 27.2 Å². The van der Waals surface area contributed by atoms with Crippen molar-refractivity contribution in [2.45, 2.75) is 26.4 Å². The first-order valence-corrected chi connectivity index (χ1v) is 7.30. The van der Waals surface area contributed by atoms with Crippen LogP contribution in [-0.4, -0.2) is 44.1 Å². The second-order valence-corrected chi connectivity index (χ2v) is 5.49. The van der Waals surface area contributed by atoms with Crippen LogP contribution in [0, 0.1) is 0 Å². The molecule has 0 aliphatic carbocycles. The number of benzene rings is 1. The first kappa shape index (κ1) is 16.8. The summed E-state index contributed by atoms with van der Waals surface area (Å²) >= 11 is 5.86. The standard InChI is InChI=1S/C15H25ClN4/c1-12(2)20(4)10-9-18-15(17-3)19-11-13-5-7-14(16)8-6-13/h5-8,12H,9-11H2,1-4H3,(H2,17,18,19). The van der Waals surface area contributed by atoms with Gasteiger partial charge in [0.2, 0.25) is 0 Å². The van der Waals surface area contributed by atoms with Crippen molar-refractivity contribution < 1.29 is 0 Å². The first-order valence-electron chi connectivity index (χ1n) is 6.92. The molecule has 0 fully saturated rings. The summed E-state index contributed by atoms with van der Waals surface area (Å²) in [4.78, 5) is 6.50. The summed E-state index contributed by atoms with van der Waals surface area (Å²) in [6.07, 6.45) is 0. The van der Waals surface area contributed by atoms with Crippen molar-refractivity contribution in [1.82, 2.24) is 15.5 Å². The summed E-state index contributed by atoms with van der Waals surface area (Å²) in [5, 5.41) is 7.35. The molecule has 0 amide bonds. The second kappa shape index (κ2) is 8.82. The van der Waals surface area contributed by atoms with Gasteiger partial charge < -0.3 is 15.5 Å². The molecule has 0 bridgehead atoms. The molecule has 0 heterocycles. The van der Waals surface area contributed by atoms with Gasteiger partial charge in [-0.05, 0) is 38.6 Å². The maximum absolute atomic E-state index is 5.86. The Kier molecular flexibility index (Phi) is 7.41. The summed E-state index contributed by atoms with van der Waals surface area (Å²) in [7, 11) is 3.90. The third-order valence-corrected chi connectivity index (χ3v) is 3.49. The van der Waals surface area contributed by atoms with E-state index in [0.29, 0.717) is 6.04 Å². The molecule has 0 saturated carbocycles. The Labute approximate surface area is 127 Å². The van der Waals surface area contributed by atoms with E-state index in [1.807, 2.05) is 24.3 Å². The summed E-state index contributed by atoms with van der Waals surface area (Å²) in [5.41, 5.74) is 1.18.